The number of aryl methyl sites for hydroxylation is 1. The number of oxazole rings is 1. The topological polar surface area (TPSA) is 55.4 Å². The van der Waals surface area contributed by atoms with Crippen molar-refractivity contribution in [1.82, 2.24) is 14.4 Å². The van der Waals surface area contributed by atoms with Crippen molar-refractivity contribution in [2.75, 3.05) is 11.9 Å². The number of thioether (sulfide) groups is 1. The fourth-order valence-electron chi connectivity index (χ4n) is 2.76. The van der Waals surface area contributed by atoms with Crippen LogP contribution in [0.2, 0.25) is 0 Å². The monoisotopic (exact) mass is 352 g/mol. The number of nitrogens with one attached hydrogen (secondary N) is 1. The largest absolute Gasteiger partial charge is 0.424 e. The van der Waals surface area contributed by atoms with Crippen molar-refractivity contribution in [3.8, 4) is 0 Å². The van der Waals surface area contributed by atoms with Crippen LogP contribution in [0.25, 0.3) is 16.7 Å². The summed E-state index contributed by atoms with van der Waals surface area (Å²) in [7, 11) is 0. The van der Waals surface area contributed by atoms with Crippen molar-refractivity contribution in [2.24, 2.45) is 0 Å². The Morgan fingerprint density at radius 3 is 2.96 bits per heavy atom. The van der Waals surface area contributed by atoms with Gasteiger partial charge in [-0.2, -0.15) is 16.7 Å². The highest BCUT2D eigenvalue weighted by Crippen LogP contribution is 2.24. The summed E-state index contributed by atoms with van der Waals surface area (Å²) in [5, 5.41) is 3.10. The quantitative estimate of drug-likeness (QED) is 0.547. The van der Waals surface area contributed by atoms with Crippen LogP contribution in [-0.4, -0.2) is 20.9 Å². The van der Waals surface area contributed by atoms with Gasteiger partial charge < -0.3 is 14.1 Å². The van der Waals surface area contributed by atoms with E-state index in [9.17, 15) is 0 Å². The molecule has 0 aliphatic rings. The number of rotatable bonds is 6. The molecule has 5 nitrogen and oxygen atoms in total. The molecule has 128 valence electrons. The second-order valence-electron chi connectivity index (χ2n) is 6.05. The number of anilines is 1. The third kappa shape index (κ3) is 3.49. The highest BCUT2D eigenvalue weighted by molar-refractivity contribution is 7.97. The van der Waals surface area contributed by atoms with Crippen molar-refractivity contribution < 1.29 is 4.42 Å². The van der Waals surface area contributed by atoms with Crippen LogP contribution < -0.4 is 5.32 Å². The number of hydrogen-bond acceptors (Lipinski definition) is 5. The van der Waals surface area contributed by atoms with Crippen LogP contribution in [0.5, 0.6) is 0 Å². The van der Waals surface area contributed by atoms with Gasteiger partial charge in [0.25, 0.3) is 6.01 Å². The number of nitrogens with zero attached hydrogens (tertiary/aromatic N) is 3. The van der Waals surface area contributed by atoms with Crippen LogP contribution in [0, 0.1) is 6.92 Å². The molecular formula is C19H20N4OS. The summed E-state index contributed by atoms with van der Waals surface area (Å²) in [6.45, 7) is 4.91. The van der Waals surface area contributed by atoms with Gasteiger partial charge in [0.05, 0.1) is 5.69 Å². The molecule has 0 fully saturated rings. The Kier molecular flexibility index (Phi) is 4.36. The molecule has 0 aliphatic carbocycles. The average molecular weight is 352 g/mol. The zero-order valence-electron chi connectivity index (χ0n) is 14.3. The van der Waals surface area contributed by atoms with E-state index in [1.54, 1.807) is 0 Å². The molecule has 4 aromatic rings. The minimum absolute atomic E-state index is 0.585. The molecule has 3 aromatic heterocycles. The van der Waals surface area contributed by atoms with Gasteiger partial charge in [-0.05, 0) is 49.2 Å². The molecule has 0 aliphatic heterocycles. The Morgan fingerprint density at radius 2 is 2.08 bits per heavy atom. The molecule has 1 aromatic carbocycles. The van der Waals surface area contributed by atoms with Crippen molar-refractivity contribution in [3.05, 3.63) is 59.5 Å². The van der Waals surface area contributed by atoms with E-state index in [4.69, 9.17) is 4.42 Å². The van der Waals surface area contributed by atoms with Crippen molar-refractivity contribution in [3.63, 3.8) is 0 Å². The molecule has 0 spiro atoms. The summed E-state index contributed by atoms with van der Waals surface area (Å²) < 4.78 is 7.79. The standard InChI is InChI=1S/C19H20N4OS/c1-3-20-19-22-16-5-4-14(9-17(16)24-19)11-25-12-15-10-23-7-6-13(2)8-18(23)21-15/h4-10H,3,11-12H2,1-2H3,(H,20,22). The first-order chi connectivity index (χ1) is 12.2. The van der Waals surface area contributed by atoms with Gasteiger partial charge in [-0.15, -0.1) is 0 Å². The molecule has 0 bridgehead atoms. The minimum atomic E-state index is 0.585. The number of fused-ring (bicyclic) bond motifs is 2. The van der Waals surface area contributed by atoms with E-state index in [1.165, 1.54) is 11.1 Å². The fourth-order valence-corrected chi connectivity index (χ4v) is 3.63. The van der Waals surface area contributed by atoms with Crippen LogP contribution in [0.4, 0.5) is 6.01 Å². The zero-order chi connectivity index (χ0) is 17.2. The summed E-state index contributed by atoms with van der Waals surface area (Å²) >= 11 is 1.85. The molecule has 0 amide bonds. The average Bonchev–Trinajstić information content (AvgIpc) is 3.17. The van der Waals surface area contributed by atoms with Crippen LogP contribution >= 0.6 is 11.8 Å². The lowest BCUT2D eigenvalue weighted by atomic mass is 10.2. The van der Waals surface area contributed by atoms with Gasteiger partial charge in [-0.1, -0.05) is 6.07 Å². The number of benzene rings is 1. The molecule has 0 saturated heterocycles. The lowest BCUT2D eigenvalue weighted by Gasteiger charge is -1.99. The first kappa shape index (κ1) is 16.0. The van der Waals surface area contributed by atoms with Gasteiger partial charge in [-0.3, -0.25) is 0 Å². The third-order valence-corrected chi connectivity index (χ3v) is 5.00. The maximum Gasteiger partial charge on any atom is 0.295 e. The summed E-state index contributed by atoms with van der Waals surface area (Å²) in [5.41, 5.74) is 6.30. The highest BCUT2D eigenvalue weighted by atomic mass is 32.2. The van der Waals surface area contributed by atoms with Crippen LogP contribution in [0.1, 0.15) is 23.7 Å². The van der Waals surface area contributed by atoms with E-state index in [0.717, 1.165) is 40.5 Å². The van der Waals surface area contributed by atoms with Gasteiger partial charge in [0.2, 0.25) is 0 Å². The third-order valence-electron chi connectivity index (χ3n) is 3.97. The van der Waals surface area contributed by atoms with Crippen molar-refractivity contribution >= 4 is 34.5 Å². The molecule has 0 atom stereocenters. The minimum Gasteiger partial charge on any atom is -0.424 e. The van der Waals surface area contributed by atoms with Gasteiger partial charge in [-0.25, -0.2) is 4.98 Å². The molecular weight excluding hydrogens is 332 g/mol. The van der Waals surface area contributed by atoms with E-state index in [-0.39, 0.29) is 0 Å². The van der Waals surface area contributed by atoms with Crippen molar-refractivity contribution in [1.29, 1.82) is 0 Å². The lowest BCUT2D eigenvalue weighted by Crippen LogP contribution is -1.95. The second-order valence-corrected chi connectivity index (χ2v) is 7.03. The van der Waals surface area contributed by atoms with Gasteiger partial charge in [0.1, 0.15) is 11.2 Å². The molecule has 6 heteroatoms. The summed E-state index contributed by atoms with van der Waals surface area (Å²) in [4.78, 5) is 9.09. The molecule has 3 heterocycles. The Morgan fingerprint density at radius 1 is 1.16 bits per heavy atom. The van der Waals surface area contributed by atoms with Crippen LogP contribution in [0.15, 0.2) is 47.1 Å². The predicted octanol–water partition coefficient (Wildman–Crippen LogP) is 4.65. The number of hydrogen-bond donors (Lipinski definition) is 1. The first-order valence-corrected chi connectivity index (χ1v) is 9.52. The smallest absolute Gasteiger partial charge is 0.295 e. The Balaban J connectivity index is 1.42. The first-order valence-electron chi connectivity index (χ1n) is 8.36. The van der Waals surface area contributed by atoms with Crippen LogP contribution in [-0.2, 0) is 11.5 Å². The zero-order valence-corrected chi connectivity index (χ0v) is 15.1. The summed E-state index contributed by atoms with van der Waals surface area (Å²) in [6, 6.07) is 11.0. The van der Waals surface area contributed by atoms with Crippen molar-refractivity contribution in [2.45, 2.75) is 25.4 Å². The maximum absolute atomic E-state index is 5.72. The molecule has 0 saturated carbocycles. The molecule has 1 N–H and O–H groups in total. The van der Waals surface area contributed by atoms with E-state index >= 15 is 0 Å². The number of pyridine rings is 1. The van der Waals surface area contributed by atoms with Gasteiger partial charge >= 0.3 is 0 Å². The van der Waals surface area contributed by atoms with Gasteiger partial charge in [0, 0.05) is 30.4 Å². The number of aromatic nitrogens is 3. The summed E-state index contributed by atoms with van der Waals surface area (Å²) in [6.07, 6.45) is 4.16. The van der Waals surface area contributed by atoms with E-state index in [1.807, 2.05) is 24.8 Å². The Labute approximate surface area is 150 Å². The highest BCUT2D eigenvalue weighted by Gasteiger charge is 2.07. The normalized spacial score (nSPS) is 11.4. The molecule has 0 unspecified atom stereocenters. The van der Waals surface area contributed by atoms with Gasteiger partial charge in [0.15, 0.2) is 5.58 Å². The van der Waals surface area contributed by atoms with Crippen LogP contribution in [0.3, 0.4) is 0 Å². The molecule has 0 radical (unpaired) electrons. The number of imidazole rings is 1. The maximum atomic E-state index is 5.72. The summed E-state index contributed by atoms with van der Waals surface area (Å²) in [5.74, 6) is 1.80. The Hall–Kier alpha value is -2.47. The molecule has 25 heavy (non-hydrogen) atoms. The van der Waals surface area contributed by atoms with E-state index in [0.29, 0.717) is 6.01 Å². The van der Waals surface area contributed by atoms with E-state index in [2.05, 4.69) is 63.3 Å². The Bertz CT molecular complexity index is 1020. The van der Waals surface area contributed by atoms with E-state index < -0.39 is 0 Å². The lowest BCUT2D eigenvalue weighted by molar-refractivity contribution is 0.616. The SMILES string of the molecule is CCNc1nc2ccc(CSCc3cn4ccc(C)cc4n3)cc2o1. The molecule has 4 rings (SSSR count). The predicted molar refractivity (Wildman–Crippen MR) is 103 cm³/mol. The fraction of sp³-hybridized carbons (Fsp3) is 0.263. The second kappa shape index (κ2) is 6.80.